The van der Waals surface area contributed by atoms with E-state index in [1.807, 2.05) is 54.6 Å². The van der Waals surface area contributed by atoms with Crippen molar-refractivity contribution in [1.29, 1.82) is 0 Å². The molecule has 0 aliphatic carbocycles. The van der Waals surface area contributed by atoms with Crippen LogP contribution in [0.15, 0.2) is 93.9 Å². The summed E-state index contributed by atoms with van der Waals surface area (Å²) in [7, 11) is 3.17. The van der Waals surface area contributed by atoms with Gasteiger partial charge in [-0.2, -0.15) is 0 Å². The second-order valence-electron chi connectivity index (χ2n) is 9.50. The Bertz CT molecular complexity index is 1830. The number of esters is 1. The van der Waals surface area contributed by atoms with Crippen LogP contribution in [0.4, 0.5) is 0 Å². The summed E-state index contributed by atoms with van der Waals surface area (Å²) in [6.07, 6.45) is 1.79. The third-order valence-corrected chi connectivity index (χ3v) is 7.75. The summed E-state index contributed by atoms with van der Waals surface area (Å²) in [5.74, 6) is 1.99. The Morgan fingerprint density at radius 3 is 2.44 bits per heavy atom. The van der Waals surface area contributed by atoms with E-state index in [0.29, 0.717) is 56.8 Å². The first-order valence-corrected chi connectivity index (χ1v) is 14.6. The zero-order valence-electron chi connectivity index (χ0n) is 24.4. The number of rotatable bonds is 11. The maximum Gasteiger partial charge on any atom is 0.338 e. The highest BCUT2D eigenvalue weighted by Gasteiger charge is 2.33. The van der Waals surface area contributed by atoms with Crippen LogP contribution in [-0.2, 0) is 9.53 Å². The lowest BCUT2D eigenvalue weighted by Crippen LogP contribution is -2.39. The average molecular weight is 601 g/mol. The van der Waals surface area contributed by atoms with Crippen LogP contribution in [0.25, 0.3) is 6.08 Å². The van der Waals surface area contributed by atoms with Crippen molar-refractivity contribution in [3.8, 4) is 23.0 Å². The van der Waals surface area contributed by atoms with Crippen LogP contribution < -0.4 is 33.8 Å². The number of aromatic nitrogens is 1. The minimum atomic E-state index is -0.650. The first kappa shape index (κ1) is 29.7. The van der Waals surface area contributed by atoms with Crippen LogP contribution in [0.1, 0.15) is 31.0 Å². The van der Waals surface area contributed by atoms with Crippen molar-refractivity contribution < 1.29 is 28.5 Å². The second kappa shape index (κ2) is 13.4. The smallest absolute Gasteiger partial charge is 0.338 e. The van der Waals surface area contributed by atoms with Gasteiger partial charge in [-0.25, -0.2) is 9.79 Å². The number of hydrogen-bond acceptors (Lipinski definition) is 9. The fraction of sp³-hybridized carbons (Fsp3) is 0.242. The molecule has 1 atom stereocenters. The molecule has 9 nitrogen and oxygen atoms in total. The highest BCUT2D eigenvalue weighted by Crippen LogP contribution is 2.31. The first-order valence-electron chi connectivity index (χ1n) is 13.8. The van der Waals surface area contributed by atoms with Gasteiger partial charge in [0.15, 0.2) is 16.3 Å². The third kappa shape index (κ3) is 6.49. The van der Waals surface area contributed by atoms with Gasteiger partial charge < -0.3 is 23.7 Å². The minimum absolute atomic E-state index is 0.221. The Morgan fingerprint density at radius 1 is 0.930 bits per heavy atom. The Morgan fingerprint density at radius 2 is 1.70 bits per heavy atom. The molecule has 5 rings (SSSR count). The summed E-state index contributed by atoms with van der Waals surface area (Å²) in [4.78, 5) is 32.0. The molecule has 43 heavy (non-hydrogen) atoms. The highest BCUT2D eigenvalue weighted by molar-refractivity contribution is 7.07. The normalized spacial score (nSPS) is 14.5. The van der Waals surface area contributed by atoms with E-state index in [1.165, 1.54) is 11.3 Å². The van der Waals surface area contributed by atoms with Crippen molar-refractivity contribution >= 4 is 23.4 Å². The summed E-state index contributed by atoms with van der Waals surface area (Å²) < 4.78 is 29.9. The Balaban J connectivity index is 1.41. The van der Waals surface area contributed by atoms with E-state index in [4.69, 9.17) is 23.7 Å². The van der Waals surface area contributed by atoms with Gasteiger partial charge in [-0.05, 0) is 55.3 Å². The largest absolute Gasteiger partial charge is 0.497 e. The Labute approximate surface area is 252 Å². The molecule has 0 bridgehead atoms. The molecule has 222 valence electrons. The van der Waals surface area contributed by atoms with Gasteiger partial charge in [0.05, 0.1) is 42.7 Å². The predicted octanol–water partition coefficient (Wildman–Crippen LogP) is 4.27. The second-order valence-corrected chi connectivity index (χ2v) is 10.5. The van der Waals surface area contributed by atoms with Crippen LogP contribution in [0.2, 0.25) is 0 Å². The minimum Gasteiger partial charge on any atom is -0.497 e. The van der Waals surface area contributed by atoms with Crippen LogP contribution >= 0.6 is 11.3 Å². The molecule has 2 heterocycles. The van der Waals surface area contributed by atoms with E-state index >= 15 is 0 Å². The summed E-state index contributed by atoms with van der Waals surface area (Å²) in [6.45, 7) is 4.37. The lowest BCUT2D eigenvalue weighted by atomic mass is 9.96. The van der Waals surface area contributed by atoms with Gasteiger partial charge in [0.2, 0.25) is 0 Å². The molecule has 0 saturated heterocycles. The number of allylic oxidation sites excluding steroid dienone is 1. The fourth-order valence-electron chi connectivity index (χ4n) is 4.79. The molecular weight excluding hydrogens is 568 g/mol. The van der Waals surface area contributed by atoms with Crippen LogP contribution in [0.5, 0.6) is 23.0 Å². The zero-order chi connectivity index (χ0) is 30.3. The molecule has 1 aliphatic heterocycles. The van der Waals surface area contributed by atoms with Crippen molar-refractivity contribution in [3.05, 3.63) is 115 Å². The molecule has 1 aliphatic rings. The van der Waals surface area contributed by atoms with Crippen molar-refractivity contribution in [1.82, 2.24) is 4.57 Å². The van der Waals surface area contributed by atoms with Crippen LogP contribution in [-0.4, -0.2) is 44.6 Å². The van der Waals surface area contributed by atoms with E-state index in [1.54, 1.807) is 56.9 Å². The number of hydrogen-bond donors (Lipinski definition) is 0. The molecule has 0 fully saturated rings. The predicted molar refractivity (Wildman–Crippen MR) is 164 cm³/mol. The molecule has 0 unspecified atom stereocenters. The van der Waals surface area contributed by atoms with Crippen molar-refractivity contribution in [2.75, 3.05) is 34.0 Å². The molecule has 0 N–H and O–H groups in total. The van der Waals surface area contributed by atoms with Gasteiger partial charge in [-0.1, -0.05) is 53.8 Å². The van der Waals surface area contributed by atoms with Crippen molar-refractivity contribution in [2.45, 2.75) is 19.9 Å². The van der Waals surface area contributed by atoms with Gasteiger partial charge in [-0.15, -0.1) is 0 Å². The lowest BCUT2D eigenvalue weighted by molar-refractivity contribution is -0.139. The molecule has 0 spiro atoms. The van der Waals surface area contributed by atoms with Crippen LogP contribution in [0, 0.1) is 0 Å². The molecule has 4 aromatic rings. The zero-order valence-corrected chi connectivity index (χ0v) is 25.2. The van der Waals surface area contributed by atoms with E-state index in [0.717, 1.165) is 11.1 Å². The number of carbonyl (C=O) groups is 1. The molecule has 0 saturated carbocycles. The molecule has 10 heteroatoms. The van der Waals surface area contributed by atoms with Gasteiger partial charge in [0.1, 0.15) is 24.7 Å². The summed E-state index contributed by atoms with van der Waals surface area (Å²) in [6, 6.07) is 21.6. The number of fused-ring (bicyclic) bond motifs is 1. The fourth-order valence-corrected chi connectivity index (χ4v) is 5.84. The summed E-state index contributed by atoms with van der Waals surface area (Å²) >= 11 is 1.27. The first-order chi connectivity index (χ1) is 20.9. The van der Waals surface area contributed by atoms with Gasteiger partial charge in [0, 0.05) is 6.07 Å². The lowest BCUT2D eigenvalue weighted by Gasteiger charge is -2.24. The van der Waals surface area contributed by atoms with E-state index in [9.17, 15) is 9.59 Å². The van der Waals surface area contributed by atoms with Crippen LogP contribution in [0.3, 0.4) is 0 Å². The average Bonchev–Trinajstić information content (AvgIpc) is 3.33. The number of methoxy groups -OCH3 is 2. The highest BCUT2D eigenvalue weighted by atomic mass is 32.1. The maximum atomic E-state index is 13.8. The number of ether oxygens (including phenoxy) is 5. The number of nitrogens with zero attached hydrogens (tertiary/aromatic N) is 2. The van der Waals surface area contributed by atoms with E-state index in [-0.39, 0.29) is 12.2 Å². The van der Waals surface area contributed by atoms with Crippen molar-refractivity contribution in [3.63, 3.8) is 0 Å². The molecular formula is C33H32N2O7S. The number of benzene rings is 3. The molecule has 0 radical (unpaired) electrons. The standard InChI is InChI=1S/C33H32N2O7S/c1-5-40-32(37)29-21(2)34-33-35(30(29)23-10-7-6-8-11-23)31(36)28(43-33)19-22-14-15-26(27(18-22)39-4)42-17-16-41-25-13-9-12-24(20-25)38-3/h6-15,18-20,30H,5,16-17H2,1-4H3/b28-19-/t30-/m1/s1. The maximum absolute atomic E-state index is 13.8. The molecule has 3 aromatic carbocycles. The summed E-state index contributed by atoms with van der Waals surface area (Å²) in [5.41, 5.74) is 2.18. The topological polar surface area (TPSA) is 97.6 Å². The third-order valence-electron chi connectivity index (χ3n) is 6.77. The van der Waals surface area contributed by atoms with Gasteiger partial charge in [-0.3, -0.25) is 9.36 Å². The number of thiazole rings is 1. The summed E-state index contributed by atoms with van der Waals surface area (Å²) in [5, 5.41) is 0. The van der Waals surface area contributed by atoms with E-state index < -0.39 is 12.0 Å². The molecule has 0 amide bonds. The van der Waals surface area contributed by atoms with Crippen molar-refractivity contribution in [2.24, 2.45) is 4.99 Å². The van der Waals surface area contributed by atoms with Gasteiger partial charge in [0.25, 0.3) is 5.56 Å². The monoisotopic (exact) mass is 600 g/mol. The molecule has 1 aromatic heterocycles. The van der Waals surface area contributed by atoms with E-state index in [2.05, 4.69) is 4.99 Å². The quantitative estimate of drug-likeness (QED) is 0.187. The Hall–Kier alpha value is -4.83. The number of carbonyl (C=O) groups excluding carboxylic acids is 1. The van der Waals surface area contributed by atoms with Gasteiger partial charge >= 0.3 is 5.97 Å². The Kier molecular flexibility index (Phi) is 9.26. The SMILES string of the molecule is CCOC(=O)C1=C(C)N=c2s/c(=C\c3ccc(OCCOc4cccc(OC)c4)c(OC)c3)c(=O)n2[C@@H]1c1ccccc1.